The van der Waals surface area contributed by atoms with Crippen molar-refractivity contribution in [2.75, 3.05) is 5.73 Å². The van der Waals surface area contributed by atoms with E-state index in [0.717, 1.165) is 44.9 Å². The zero-order chi connectivity index (χ0) is 28.7. The Kier molecular flexibility index (Phi) is 5.15. The van der Waals surface area contributed by atoms with Gasteiger partial charge in [-0.15, -0.1) is 0 Å². The Morgan fingerprint density at radius 1 is 0.950 bits per heavy atom. The fourth-order valence-electron chi connectivity index (χ4n) is 11.8. The van der Waals surface area contributed by atoms with Crippen LogP contribution in [0.2, 0.25) is 0 Å². The van der Waals surface area contributed by atoms with E-state index >= 15 is 4.39 Å². The van der Waals surface area contributed by atoms with E-state index in [1.807, 2.05) is 0 Å². The number of nitrogens with one attached hydrogen (secondary N) is 3. The highest BCUT2D eigenvalue weighted by Gasteiger charge is 2.69. The van der Waals surface area contributed by atoms with Crippen molar-refractivity contribution in [1.82, 2.24) is 20.4 Å². The van der Waals surface area contributed by atoms with Gasteiger partial charge in [-0.25, -0.2) is 0 Å². The number of rotatable bonds is 1. The number of hydrogen-bond donors (Lipinski definition) is 4. The topological polar surface area (TPSA) is 103 Å². The zero-order valence-electron chi connectivity index (χ0n) is 25.5. The molecule has 3 saturated carbocycles. The van der Waals surface area contributed by atoms with Crippen molar-refractivity contribution in [2.45, 2.75) is 117 Å². The van der Waals surface area contributed by atoms with Crippen molar-refractivity contribution in [2.24, 2.45) is 39.4 Å². The predicted octanol–water partition coefficient (Wildman–Crippen LogP) is 6.91. The van der Waals surface area contributed by atoms with Crippen LogP contribution in [0.15, 0.2) is 16.4 Å². The van der Waals surface area contributed by atoms with Crippen molar-refractivity contribution in [3.8, 4) is 0 Å². The van der Waals surface area contributed by atoms with Gasteiger partial charge in [0.2, 0.25) is 5.82 Å². The number of anilines is 1. The van der Waals surface area contributed by atoms with Crippen LogP contribution in [0.4, 0.5) is 10.2 Å². The number of aromatic amines is 3. The summed E-state index contributed by atoms with van der Waals surface area (Å²) in [6, 6.07) is 0. The summed E-state index contributed by atoms with van der Waals surface area (Å²) >= 11 is 0. The first kappa shape index (κ1) is 26.6. The van der Waals surface area contributed by atoms with Crippen molar-refractivity contribution >= 4 is 5.82 Å². The summed E-state index contributed by atoms with van der Waals surface area (Å²) in [5.74, 6) is 1.39. The second-order valence-electron chi connectivity index (χ2n) is 16.5. The van der Waals surface area contributed by atoms with E-state index in [1.54, 1.807) is 5.57 Å². The van der Waals surface area contributed by atoms with E-state index in [1.165, 1.54) is 24.1 Å². The van der Waals surface area contributed by atoms with Crippen molar-refractivity contribution in [3.05, 3.63) is 44.8 Å². The molecular weight excluding hydrogens is 501 g/mol. The lowest BCUT2D eigenvalue weighted by Crippen LogP contribution is -2.64. The third-order valence-corrected chi connectivity index (χ3v) is 14.1. The monoisotopic (exact) mass is 549 g/mol. The molecule has 0 amide bonds. The number of allylic oxidation sites excluding steroid dienone is 2. The molecule has 0 aliphatic heterocycles. The molecule has 218 valence electrons. The highest BCUT2D eigenvalue weighted by molar-refractivity contribution is 5.49. The fraction of sp³-hybridized carbons (Fsp3) is 0.758. The molecule has 0 spiro atoms. The number of nitrogens with zero attached hydrogens (tertiary/aromatic N) is 1. The van der Waals surface area contributed by atoms with Crippen molar-refractivity contribution < 1.29 is 4.39 Å². The molecule has 5 aliphatic carbocycles. The zero-order valence-corrected chi connectivity index (χ0v) is 25.5. The van der Waals surface area contributed by atoms with E-state index in [4.69, 9.17) is 5.73 Å². The summed E-state index contributed by atoms with van der Waals surface area (Å²) in [6.07, 6.45) is 12.0. The van der Waals surface area contributed by atoms with Crippen LogP contribution in [0.3, 0.4) is 0 Å². The molecule has 6 nitrogen and oxygen atoms in total. The van der Waals surface area contributed by atoms with Crippen molar-refractivity contribution in [1.29, 1.82) is 0 Å². The molecule has 5 N–H and O–H groups in total. The van der Waals surface area contributed by atoms with E-state index in [0.29, 0.717) is 23.3 Å². The minimum atomic E-state index is -0.616. The first-order valence-electron chi connectivity index (χ1n) is 15.6. The van der Waals surface area contributed by atoms with E-state index in [2.05, 4.69) is 74.9 Å². The average Bonchev–Trinajstić information content (AvgIpc) is 3.41. The van der Waals surface area contributed by atoms with E-state index in [9.17, 15) is 4.79 Å². The number of hydrogen-bond acceptors (Lipinski definition) is 3. The number of nitrogen functional groups attached to an aromatic ring is 1. The molecule has 0 saturated heterocycles. The molecule has 5 aliphatic rings. The third kappa shape index (κ3) is 3.00. The van der Waals surface area contributed by atoms with Gasteiger partial charge in [0.15, 0.2) is 0 Å². The molecule has 7 rings (SSSR count). The molecule has 0 bridgehead atoms. The number of H-pyrrole nitrogens is 3. The second-order valence-corrected chi connectivity index (χ2v) is 16.5. The van der Waals surface area contributed by atoms with Gasteiger partial charge >= 0.3 is 0 Å². The molecule has 3 fully saturated rings. The number of halogens is 1. The van der Waals surface area contributed by atoms with E-state index < -0.39 is 11.4 Å². The molecule has 3 unspecified atom stereocenters. The molecule has 2 aromatic rings. The Balaban J connectivity index is 1.36. The van der Waals surface area contributed by atoms with Crippen LogP contribution in [-0.4, -0.2) is 20.4 Å². The third-order valence-electron chi connectivity index (χ3n) is 14.1. The van der Waals surface area contributed by atoms with Gasteiger partial charge in [-0.2, -0.15) is 9.49 Å². The first-order chi connectivity index (χ1) is 18.6. The second kappa shape index (κ2) is 7.74. The Bertz CT molecular complexity index is 1480. The number of aromatic nitrogens is 4. The lowest BCUT2D eigenvalue weighted by Gasteiger charge is -2.70. The number of nitrogens with two attached hydrogens (primary N) is 1. The van der Waals surface area contributed by atoms with Crippen LogP contribution in [0.5, 0.6) is 0 Å². The summed E-state index contributed by atoms with van der Waals surface area (Å²) in [4.78, 5) is 12.3. The van der Waals surface area contributed by atoms with Crippen LogP contribution < -0.4 is 11.3 Å². The van der Waals surface area contributed by atoms with Gasteiger partial charge in [0, 0.05) is 22.1 Å². The fourth-order valence-corrected chi connectivity index (χ4v) is 11.8. The van der Waals surface area contributed by atoms with Gasteiger partial charge in [0.1, 0.15) is 5.82 Å². The largest absolute Gasteiger partial charge is 0.382 e. The van der Waals surface area contributed by atoms with E-state index in [-0.39, 0.29) is 38.4 Å². The SMILES string of the molecule is CC1(C)CC[C@]2(c3[nH][nH]c(=O)c3F)CC[C@]3(C)C(=CCC4[C@@]5(C)Cc6c(N)n[nH]c6C(C)(C)C5CC[C@]43C)C2C1. The Morgan fingerprint density at radius 3 is 2.38 bits per heavy atom. The van der Waals surface area contributed by atoms with Crippen LogP contribution >= 0.6 is 0 Å². The van der Waals surface area contributed by atoms with Crippen LogP contribution in [0.25, 0.3) is 0 Å². The predicted molar refractivity (Wildman–Crippen MR) is 156 cm³/mol. The van der Waals surface area contributed by atoms with Crippen LogP contribution in [-0.2, 0) is 17.3 Å². The standard InChI is InChI=1S/C33H48FN5O/c1-28(2)12-14-33(25-23(34)27(40)39-37-25)15-13-31(6)19(20(33)17-28)8-9-22-30(5)16-18-24(36-38-26(18)35)29(3,4)21(30)10-11-32(22,31)7/h8,20-22H,9-17H2,1-7H3,(H3,35,36,38)(H2,37,39,40)/t20?,21?,22?,30-,31+,32+,33-/m0/s1. The molecular formula is C33H48FN5O. The van der Waals surface area contributed by atoms with Gasteiger partial charge in [0.25, 0.3) is 5.56 Å². The lowest BCUT2D eigenvalue weighted by molar-refractivity contribution is -0.154. The summed E-state index contributed by atoms with van der Waals surface area (Å²) < 4.78 is 15.4. The summed E-state index contributed by atoms with van der Waals surface area (Å²) in [5, 5.41) is 13.4. The molecule has 0 radical (unpaired) electrons. The molecule has 2 heterocycles. The maximum absolute atomic E-state index is 15.4. The smallest absolute Gasteiger partial charge is 0.300 e. The molecule has 40 heavy (non-hydrogen) atoms. The molecule has 7 atom stereocenters. The Morgan fingerprint density at radius 2 is 1.68 bits per heavy atom. The summed E-state index contributed by atoms with van der Waals surface area (Å²) in [6.45, 7) is 17.2. The van der Waals surface area contributed by atoms with Crippen LogP contribution in [0, 0.1) is 45.2 Å². The lowest BCUT2D eigenvalue weighted by atomic mass is 9.33. The molecule has 2 aromatic heterocycles. The average molecular weight is 550 g/mol. The van der Waals surface area contributed by atoms with Crippen molar-refractivity contribution in [3.63, 3.8) is 0 Å². The first-order valence-corrected chi connectivity index (χ1v) is 15.6. The summed E-state index contributed by atoms with van der Waals surface area (Å²) in [5.41, 5.74) is 10.5. The molecule has 0 aromatic carbocycles. The number of fused-ring (bicyclic) bond motifs is 8. The highest BCUT2D eigenvalue weighted by Crippen LogP contribution is 2.75. The highest BCUT2D eigenvalue weighted by atomic mass is 19.1. The maximum atomic E-state index is 15.4. The quantitative estimate of drug-likeness (QED) is 0.290. The van der Waals surface area contributed by atoms with Gasteiger partial charge in [-0.1, -0.05) is 60.1 Å². The normalized spacial score (nSPS) is 43.0. The Hall–Kier alpha value is -2.31. The Labute approximate surface area is 237 Å². The van der Waals surface area contributed by atoms with Gasteiger partial charge in [-0.3, -0.25) is 20.1 Å². The minimum absolute atomic E-state index is 0.00796. The van der Waals surface area contributed by atoms with Gasteiger partial charge < -0.3 is 5.73 Å². The van der Waals surface area contributed by atoms with Gasteiger partial charge in [-0.05, 0) is 97.2 Å². The minimum Gasteiger partial charge on any atom is -0.382 e. The molecule has 7 heteroatoms. The van der Waals surface area contributed by atoms with Gasteiger partial charge in [0.05, 0.1) is 5.69 Å². The van der Waals surface area contributed by atoms with Crippen LogP contribution in [0.1, 0.15) is 117 Å². The maximum Gasteiger partial charge on any atom is 0.300 e. The summed E-state index contributed by atoms with van der Waals surface area (Å²) in [7, 11) is 0.